The van der Waals surface area contributed by atoms with Crippen molar-refractivity contribution in [1.82, 2.24) is 4.98 Å². The van der Waals surface area contributed by atoms with Crippen LogP contribution < -0.4 is 4.90 Å². The summed E-state index contributed by atoms with van der Waals surface area (Å²) < 4.78 is 10.5. The van der Waals surface area contributed by atoms with E-state index in [1.807, 2.05) is 17.0 Å². The van der Waals surface area contributed by atoms with Crippen LogP contribution in [0.15, 0.2) is 30.3 Å². The predicted octanol–water partition coefficient (Wildman–Crippen LogP) is 3.29. The van der Waals surface area contributed by atoms with Crippen molar-refractivity contribution >= 4 is 23.4 Å². The first-order chi connectivity index (χ1) is 12.6. The summed E-state index contributed by atoms with van der Waals surface area (Å²) in [6.45, 7) is 4.27. The van der Waals surface area contributed by atoms with Crippen molar-refractivity contribution in [3.63, 3.8) is 0 Å². The third kappa shape index (κ3) is 3.79. The van der Waals surface area contributed by atoms with Crippen molar-refractivity contribution in [1.29, 1.82) is 5.26 Å². The van der Waals surface area contributed by atoms with Gasteiger partial charge in [-0.25, -0.2) is 9.78 Å². The first-order valence-electron chi connectivity index (χ1n) is 8.35. The van der Waals surface area contributed by atoms with E-state index in [2.05, 4.69) is 11.1 Å². The molecule has 2 aromatic rings. The Morgan fingerprint density at radius 3 is 2.65 bits per heavy atom. The van der Waals surface area contributed by atoms with Gasteiger partial charge in [-0.1, -0.05) is 23.7 Å². The number of hydrogen-bond acceptors (Lipinski definition) is 6. The molecule has 1 saturated heterocycles. The smallest absolute Gasteiger partial charge is 0.339 e. The minimum atomic E-state index is -0.531. The number of anilines is 1. The Labute approximate surface area is 156 Å². The lowest BCUT2D eigenvalue weighted by atomic mass is 10.0. The molecule has 2 heterocycles. The maximum atomic E-state index is 12.4. The largest absolute Gasteiger partial charge is 0.462 e. The van der Waals surface area contributed by atoms with Gasteiger partial charge in [0.15, 0.2) is 0 Å². The molecular formula is C19H18ClN3O3. The molecule has 0 unspecified atom stereocenters. The summed E-state index contributed by atoms with van der Waals surface area (Å²) in [4.78, 5) is 19.1. The number of esters is 1. The van der Waals surface area contributed by atoms with Gasteiger partial charge in [0.1, 0.15) is 17.5 Å². The van der Waals surface area contributed by atoms with Crippen LogP contribution >= 0.6 is 11.6 Å². The highest BCUT2D eigenvalue weighted by Gasteiger charge is 2.24. The number of carbonyl (C=O) groups is 1. The average molecular weight is 372 g/mol. The third-order valence-electron chi connectivity index (χ3n) is 4.06. The molecule has 0 N–H and O–H groups in total. The highest BCUT2D eigenvalue weighted by molar-refractivity contribution is 6.30. The van der Waals surface area contributed by atoms with Crippen LogP contribution in [0, 0.1) is 11.3 Å². The molecular weight excluding hydrogens is 354 g/mol. The van der Waals surface area contributed by atoms with Crippen LogP contribution in [0.5, 0.6) is 0 Å². The van der Waals surface area contributed by atoms with Crippen molar-refractivity contribution < 1.29 is 14.3 Å². The normalized spacial score (nSPS) is 14.0. The van der Waals surface area contributed by atoms with Crippen LogP contribution in [0.2, 0.25) is 5.02 Å². The van der Waals surface area contributed by atoms with E-state index in [9.17, 15) is 10.1 Å². The second-order valence-electron chi connectivity index (χ2n) is 5.69. The summed E-state index contributed by atoms with van der Waals surface area (Å²) in [5.41, 5.74) is 1.84. The van der Waals surface area contributed by atoms with E-state index in [0.29, 0.717) is 42.8 Å². The number of morpholine rings is 1. The number of halogens is 1. The van der Waals surface area contributed by atoms with Crippen molar-refractivity contribution in [3.05, 3.63) is 46.5 Å². The SMILES string of the molecule is CCOC(=O)c1cc(-c2ccc(Cl)cc2)nc(N2CCOCC2)c1C#N. The minimum absolute atomic E-state index is 0.218. The van der Waals surface area contributed by atoms with Crippen LogP contribution in [-0.4, -0.2) is 43.9 Å². The average Bonchev–Trinajstić information content (AvgIpc) is 2.68. The molecule has 1 aliphatic rings. The molecule has 6 nitrogen and oxygen atoms in total. The number of nitriles is 1. The predicted molar refractivity (Wildman–Crippen MR) is 98.4 cm³/mol. The van der Waals surface area contributed by atoms with Crippen molar-refractivity contribution in [2.75, 3.05) is 37.8 Å². The van der Waals surface area contributed by atoms with Gasteiger partial charge in [-0.3, -0.25) is 0 Å². The molecule has 0 atom stereocenters. The van der Waals surface area contributed by atoms with Crippen LogP contribution in [-0.2, 0) is 9.47 Å². The molecule has 0 bridgehead atoms. The van der Waals surface area contributed by atoms with E-state index in [1.54, 1.807) is 25.1 Å². The van der Waals surface area contributed by atoms with E-state index in [4.69, 9.17) is 21.1 Å². The Morgan fingerprint density at radius 1 is 1.35 bits per heavy atom. The fraction of sp³-hybridized carbons (Fsp3) is 0.316. The zero-order chi connectivity index (χ0) is 18.5. The number of nitrogens with zero attached hydrogens (tertiary/aromatic N) is 3. The first-order valence-corrected chi connectivity index (χ1v) is 8.72. The minimum Gasteiger partial charge on any atom is -0.462 e. The van der Waals surface area contributed by atoms with Gasteiger partial charge >= 0.3 is 5.97 Å². The fourth-order valence-corrected chi connectivity index (χ4v) is 2.91. The molecule has 1 aliphatic heterocycles. The van der Waals surface area contributed by atoms with Crippen molar-refractivity contribution in [3.8, 4) is 17.3 Å². The molecule has 7 heteroatoms. The lowest BCUT2D eigenvalue weighted by Gasteiger charge is -2.29. The molecule has 0 saturated carbocycles. The Balaban J connectivity index is 2.15. The van der Waals surface area contributed by atoms with Crippen LogP contribution in [0.1, 0.15) is 22.8 Å². The van der Waals surface area contributed by atoms with E-state index in [-0.39, 0.29) is 17.7 Å². The van der Waals surface area contributed by atoms with Crippen LogP contribution in [0.25, 0.3) is 11.3 Å². The van der Waals surface area contributed by atoms with Gasteiger partial charge in [0.2, 0.25) is 0 Å². The summed E-state index contributed by atoms with van der Waals surface area (Å²) in [5.74, 6) is -0.0533. The summed E-state index contributed by atoms with van der Waals surface area (Å²) in [6.07, 6.45) is 0. The number of ether oxygens (including phenoxy) is 2. The molecule has 1 aromatic carbocycles. The Kier molecular flexibility index (Phi) is 5.71. The standard InChI is InChI=1S/C19H18ClN3O3/c1-2-26-19(24)15-11-17(13-3-5-14(20)6-4-13)22-18(16(15)12-21)23-7-9-25-10-8-23/h3-6,11H,2,7-10H2,1H3. The topological polar surface area (TPSA) is 75.4 Å². The highest BCUT2D eigenvalue weighted by Crippen LogP contribution is 2.29. The van der Waals surface area contributed by atoms with Gasteiger partial charge in [-0.15, -0.1) is 0 Å². The van der Waals surface area contributed by atoms with Crippen molar-refractivity contribution in [2.45, 2.75) is 6.92 Å². The van der Waals surface area contributed by atoms with Crippen molar-refractivity contribution in [2.24, 2.45) is 0 Å². The maximum Gasteiger partial charge on any atom is 0.339 e. The van der Waals surface area contributed by atoms with Gasteiger partial charge < -0.3 is 14.4 Å². The molecule has 1 aromatic heterocycles. The summed E-state index contributed by atoms with van der Waals surface area (Å²) in [7, 11) is 0. The number of pyridine rings is 1. The Morgan fingerprint density at radius 2 is 2.04 bits per heavy atom. The molecule has 0 amide bonds. The van der Waals surface area contributed by atoms with Gasteiger partial charge in [-0.05, 0) is 25.1 Å². The number of benzene rings is 1. The number of carbonyl (C=O) groups excluding carboxylic acids is 1. The summed E-state index contributed by atoms with van der Waals surface area (Å²) >= 11 is 5.96. The molecule has 0 radical (unpaired) electrons. The third-order valence-corrected chi connectivity index (χ3v) is 4.31. The zero-order valence-electron chi connectivity index (χ0n) is 14.4. The number of rotatable bonds is 4. The quantitative estimate of drug-likeness (QED) is 0.768. The van der Waals surface area contributed by atoms with E-state index in [0.717, 1.165) is 5.56 Å². The zero-order valence-corrected chi connectivity index (χ0v) is 15.1. The molecule has 0 aliphatic carbocycles. The molecule has 1 fully saturated rings. The number of aromatic nitrogens is 1. The first kappa shape index (κ1) is 18.2. The molecule has 3 rings (SSSR count). The Hall–Kier alpha value is -2.62. The summed E-state index contributed by atoms with van der Waals surface area (Å²) in [5, 5.41) is 10.3. The molecule has 26 heavy (non-hydrogen) atoms. The van der Waals surface area contributed by atoms with Gasteiger partial charge in [0.25, 0.3) is 0 Å². The van der Waals surface area contributed by atoms with Crippen LogP contribution in [0.4, 0.5) is 5.82 Å². The highest BCUT2D eigenvalue weighted by atomic mass is 35.5. The van der Waals surface area contributed by atoms with E-state index in [1.165, 1.54) is 0 Å². The monoisotopic (exact) mass is 371 g/mol. The Bertz CT molecular complexity index is 840. The van der Waals surface area contributed by atoms with E-state index >= 15 is 0 Å². The summed E-state index contributed by atoms with van der Waals surface area (Å²) in [6, 6.07) is 10.9. The lowest BCUT2D eigenvalue weighted by Crippen LogP contribution is -2.37. The van der Waals surface area contributed by atoms with E-state index < -0.39 is 5.97 Å². The second-order valence-corrected chi connectivity index (χ2v) is 6.13. The number of hydrogen-bond donors (Lipinski definition) is 0. The lowest BCUT2D eigenvalue weighted by molar-refractivity contribution is 0.0526. The molecule has 0 spiro atoms. The van der Waals surface area contributed by atoms with Gasteiger partial charge in [0, 0.05) is 23.7 Å². The fourth-order valence-electron chi connectivity index (χ4n) is 2.78. The molecule has 134 valence electrons. The second kappa shape index (κ2) is 8.17. The van der Waals surface area contributed by atoms with Gasteiger partial charge in [0.05, 0.1) is 31.1 Å². The van der Waals surface area contributed by atoms with Crippen LogP contribution in [0.3, 0.4) is 0 Å². The maximum absolute atomic E-state index is 12.4. The van der Waals surface area contributed by atoms with Gasteiger partial charge in [-0.2, -0.15) is 5.26 Å².